The number of carbonyl (C=O) groups excluding carboxylic acids is 1. The van der Waals surface area contributed by atoms with Gasteiger partial charge in [0.1, 0.15) is 5.04 Å². The Hall–Kier alpha value is -1.83. The molecule has 8 heteroatoms. The minimum atomic E-state index is -0.296. The van der Waals surface area contributed by atoms with Crippen LogP contribution in [0.3, 0.4) is 0 Å². The Bertz CT molecular complexity index is 582. The highest BCUT2D eigenvalue weighted by molar-refractivity contribution is 8.14. The largest absolute Gasteiger partial charge is 0.465 e. The lowest BCUT2D eigenvalue weighted by molar-refractivity contribution is -0.139. The number of ether oxygens (including phenoxy) is 1. The van der Waals surface area contributed by atoms with Crippen molar-refractivity contribution < 1.29 is 9.53 Å². The standard InChI is InChI=1S/C11H14N4O3S/c1-3-18-10(17)6-19-8-5-15-9(16)4-7(2)12-11(15)14-13-8/h4H,3,5-6H2,1-2H3,(H,12,14). The van der Waals surface area contributed by atoms with Crippen LogP contribution in [0.2, 0.25) is 0 Å². The van der Waals surface area contributed by atoms with E-state index in [0.29, 0.717) is 29.8 Å². The van der Waals surface area contributed by atoms with E-state index in [4.69, 9.17) is 4.74 Å². The van der Waals surface area contributed by atoms with E-state index in [-0.39, 0.29) is 17.3 Å². The molecule has 0 fully saturated rings. The van der Waals surface area contributed by atoms with Gasteiger partial charge in [-0.3, -0.25) is 14.2 Å². The number of hydrogen-bond acceptors (Lipinski definition) is 7. The van der Waals surface area contributed by atoms with Crippen molar-refractivity contribution in [3.63, 3.8) is 0 Å². The van der Waals surface area contributed by atoms with Crippen LogP contribution in [0.15, 0.2) is 16.0 Å². The number of nitrogens with zero attached hydrogens (tertiary/aromatic N) is 3. The average molecular weight is 282 g/mol. The molecule has 1 aromatic rings. The molecule has 0 atom stereocenters. The van der Waals surface area contributed by atoms with Crippen molar-refractivity contribution in [3.8, 4) is 0 Å². The fourth-order valence-corrected chi connectivity index (χ4v) is 2.26. The molecule has 1 aromatic heterocycles. The van der Waals surface area contributed by atoms with Crippen LogP contribution in [0, 0.1) is 6.92 Å². The smallest absolute Gasteiger partial charge is 0.316 e. The van der Waals surface area contributed by atoms with Gasteiger partial charge in [-0.15, -0.1) is 0 Å². The molecule has 19 heavy (non-hydrogen) atoms. The van der Waals surface area contributed by atoms with Gasteiger partial charge >= 0.3 is 5.97 Å². The normalized spacial score (nSPS) is 13.3. The van der Waals surface area contributed by atoms with Crippen molar-refractivity contribution >= 4 is 28.7 Å². The molecule has 0 spiro atoms. The maximum absolute atomic E-state index is 11.8. The second-order valence-corrected chi connectivity index (χ2v) is 4.91. The first-order chi connectivity index (χ1) is 9.10. The predicted octanol–water partition coefficient (Wildman–Crippen LogP) is 0.587. The molecule has 1 N–H and O–H groups in total. The zero-order chi connectivity index (χ0) is 13.8. The summed E-state index contributed by atoms with van der Waals surface area (Å²) < 4.78 is 6.31. The lowest BCUT2D eigenvalue weighted by Crippen LogP contribution is -2.30. The van der Waals surface area contributed by atoms with E-state index in [1.165, 1.54) is 22.4 Å². The van der Waals surface area contributed by atoms with E-state index >= 15 is 0 Å². The molecule has 7 nitrogen and oxygen atoms in total. The molecule has 0 saturated carbocycles. The number of thioether (sulfide) groups is 1. The third-order valence-corrected chi connectivity index (χ3v) is 3.31. The topological polar surface area (TPSA) is 85.6 Å². The molecule has 102 valence electrons. The molecule has 0 unspecified atom stereocenters. The third-order valence-electron chi connectivity index (χ3n) is 2.37. The molecule has 0 saturated heterocycles. The van der Waals surface area contributed by atoms with Crippen molar-refractivity contribution in [2.75, 3.05) is 17.8 Å². The summed E-state index contributed by atoms with van der Waals surface area (Å²) in [4.78, 5) is 27.2. The summed E-state index contributed by atoms with van der Waals surface area (Å²) in [6.45, 7) is 4.18. The molecule has 0 bridgehead atoms. The third kappa shape index (κ3) is 3.34. The van der Waals surface area contributed by atoms with E-state index < -0.39 is 0 Å². The van der Waals surface area contributed by atoms with Gasteiger partial charge in [0.25, 0.3) is 5.56 Å². The summed E-state index contributed by atoms with van der Waals surface area (Å²) in [5, 5.41) is 4.73. The van der Waals surface area contributed by atoms with Crippen LogP contribution >= 0.6 is 11.8 Å². The number of esters is 1. The number of fused-ring (bicyclic) bond motifs is 1. The Kier molecular flexibility index (Phi) is 4.20. The van der Waals surface area contributed by atoms with Gasteiger partial charge in [0.05, 0.1) is 18.9 Å². The molecule has 0 radical (unpaired) electrons. The first kappa shape index (κ1) is 13.6. The molecule has 2 rings (SSSR count). The molecule has 0 aliphatic carbocycles. The molecule has 0 aromatic carbocycles. The van der Waals surface area contributed by atoms with Crippen LogP contribution in [0.5, 0.6) is 0 Å². The highest BCUT2D eigenvalue weighted by Crippen LogP contribution is 2.14. The number of hydrogen-bond donors (Lipinski definition) is 1. The van der Waals surface area contributed by atoms with Gasteiger partial charge < -0.3 is 4.74 Å². The second kappa shape index (κ2) is 5.87. The van der Waals surface area contributed by atoms with Crippen LogP contribution in [0.25, 0.3) is 0 Å². The van der Waals surface area contributed by atoms with Gasteiger partial charge in [0.15, 0.2) is 0 Å². The van der Waals surface area contributed by atoms with Gasteiger partial charge in [-0.25, -0.2) is 10.4 Å². The van der Waals surface area contributed by atoms with Gasteiger partial charge in [0, 0.05) is 11.8 Å². The summed E-state index contributed by atoms with van der Waals surface area (Å²) in [6, 6.07) is 1.46. The Morgan fingerprint density at radius 2 is 2.42 bits per heavy atom. The number of aryl methyl sites for hydroxylation is 1. The molecule has 2 heterocycles. The van der Waals surface area contributed by atoms with E-state index in [9.17, 15) is 9.59 Å². The molecule has 1 aliphatic heterocycles. The predicted molar refractivity (Wildman–Crippen MR) is 73.4 cm³/mol. The summed E-state index contributed by atoms with van der Waals surface area (Å²) in [6.07, 6.45) is 0. The monoisotopic (exact) mass is 282 g/mol. The summed E-state index contributed by atoms with van der Waals surface area (Å²) in [5.41, 5.74) is 3.22. The van der Waals surface area contributed by atoms with E-state index in [1.54, 1.807) is 13.8 Å². The van der Waals surface area contributed by atoms with Crippen LogP contribution < -0.4 is 11.0 Å². The van der Waals surface area contributed by atoms with Gasteiger partial charge in [-0.2, -0.15) is 5.10 Å². The fraction of sp³-hybridized carbons (Fsp3) is 0.455. The molecular formula is C11H14N4O3S. The minimum absolute atomic E-state index is 0.140. The number of carbonyl (C=O) groups is 1. The van der Waals surface area contributed by atoms with Crippen molar-refractivity contribution in [1.29, 1.82) is 0 Å². The maximum atomic E-state index is 11.8. The van der Waals surface area contributed by atoms with Crippen LogP contribution in [-0.2, 0) is 16.1 Å². The first-order valence-corrected chi connectivity index (χ1v) is 6.78. The van der Waals surface area contributed by atoms with Gasteiger partial charge in [-0.05, 0) is 13.8 Å². The number of nitrogens with one attached hydrogen (secondary N) is 1. The van der Waals surface area contributed by atoms with E-state index in [1.807, 2.05) is 0 Å². The van der Waals surface area contributed by atoms with Gasteiger partial charge in [-0.1, -0.05) is 11.8 Å². The highest BCUT2D eigenvalue weighted by Gasteiger charge is 2.16. The zero-order valence-electron chi connectivity index (χ0n) is 10.7. The fourth-order valence-electron chi connectivity index (χ4n) is 1.56. The molecular weight excluding hydrogens is 268 g/mol. The number of aromatic nitrogens is 2. The van der Waals surface area contributed by atoms with Crippen LogP contribution in [0.4, 0.5) is 5.95 Å². The van der Waals surface area contributed by atoms with Crippen molar-refractivity contribution in [2.45, 2.75) is 20.4 Å². The quantitative estimate of drug-likeness (QED) is 0.817. The molecule has 1 aliphatic rings. The average Bonchev–Trinajstić information content (AvgIpc) is 2.37. The van der Waals surface area contributed by atoms with Crippen LogP contribution in [-0.4, -0.2) is 32.9 Å². The zero-order valence-corrected chi connectivity index (χ0v) is 11.5. The minimum Gasteiger partial charge on any atom is -0.465 e. The lowest BCUT2D eigenvalue weighted by atomic mass is 10.4. The Morgan fingerprint density at radius 3 is 3.16 bits per heavy atom. The van der Waals surface area contributed by atoms with Crippen LogP contribution in [0.1, 0.15) is 12.6 Å². The second-order valence-electron chi connectivity index (χ2n) is 3.86. The Balaban J connectivity index is 2.03. The maximum Gasteiger partial charge on any atom is 0.316 e. The Morgan fingerprint density at radius 1 is 1.63 bits per heavy atom. The van der Waals surface area contributed by atoms with E-state index in [0.717, 1.165) is 0 Å². The van der Waals surface area contributed by atoms with Crippen molar-refractivity contribution in [2.24, 2.45) is 5.10 Å². The summed E-state index contributed by atoms with van der Waals surface area (Å²) in [5.74, 6) is 0.304. The summed E-state index contributed by atoms with van der Waals surface area (Å²) >= 11 is 1.25. The van der Waals surface area contributed by atoms with Crippen molar-refractivity contribution in [1.82, 2.24) is 9.55 Å². The summed E-state index contributed by atoms with van der Waals surface area (Å²) in [7, 11) is 0. The lowest BCUT2D eigenvalue weighted by Gasteiger charge is -2.17. The van der Waals surface area contributed by atoms with Gasteiger partial charge in [0.2, 0.25) is 5.95 Å². The molecule has 0 amide bonds. The SMILES string of the molecule is CCOC(=O)CSC1=NNc2nc(C)cc(=O)n2C1. The van der Waals surface area contributed by atoms with Crippen molar-refractivity contribution in [3.05, 3.63) is 22.1 Å². The Labute approximate surface area is 114 Å². The first-order valence-electron chi connectivity index (χ1n) is 5.79. The number of rotatable bonds is 3. The number of hydrazone groups is 1. The van der Waals surface area contributed by atoms with E-state index in [2.05, 4.69) is 15.5 Å². The number of anilines is 1. The highest BCUT2D eigenvalue weighted by atomic mass is 32.2.